The van der Waals surface area contributed by atoms with Gasteiger partial charge in [0.05, 0.1) is 12.1 Å². The van der Waals surface area contributed by atoms with Crippen LogP contribution in [0.15, 0.2) is 12.2 Å². The number of nitriles is 2. The molecule has 1 saturated carbocycles. The Bertz CT molecular complexity index is 428. The van der Waals surface area contributed by atoms with E-state index in [1.54, 1.807) is 0 Å². The molecule has 0 aliphatic heterocycles. The van der Waals surface area contributed by atoms with E-state index in [-0.39, 0.29) is 6.42 Å². The summed E-state index contributed by atoms with van der Waals surface area (Å²) in [6.07, 6.45) is -1.81. The fourth-order valence-corrected chi connectivity index (χ4v) is 3.05. The van der Waals surface area contributed by atoms with Gasteiger partial charge in [0.15, 0.2) is 10.3 Å². The second-order valence-corrected chi connectivity index (χ2v) is 4.67. The number of allylic oxidation sites excluding steroid dienone is 2. The second-order valence-electron chi connectivity index (χ2n) is 4.07. The van der Waals surface area contributed by atoms with Gasteiger partial charge < -0.3 is 0 Å². The van der Waals surface area contributed by atoms with Crippen molar-refractivity contribution in [1.29, 1.82) is 10.5 Å². The number of nitrogens with zero attached hydrogens (tertiary/aromatic N) is 2. The Morgan fingerprint density at radius 1 is 1.19 bits per heavy atom. The molecule has 84 valence electrons. The number of alkyl halides is 4. The van der Waals surface area contributed by atoms with Gasteiger partial charge in [-0.15, -0.1) is 11.6 Å². The van der Waals surface area contributed by atoms with E-state index < -0.39 is 28.3 Å². The highest BCUT2D eigenvalue weighted by Gasteiger charge is 2.77. The molecule has 6 heteroatoms. The summed E-state index contributed by atoms with van der Waals surface area (Å²) in [5.74, 6) is -1.72. The minimum atomic E-state index is -4.77. The molecule has 0 radical (unpaired) electrons. The van der Waals surface area contributed by atoms with Gasteiger partial charge in [0.1, 0.15) is 0 Å². The highest BCUT2D eigenvalue weighted by atomic mass is 35.5. The van der Waals surface area contributed by atoms with E-state index in [1.165, 1.54) is 24.3 Å². The largest absolute Gasteiger partial charge is 0.410 e. The summed E-state index contributed by atoms with van der Waals surface area (Å²) in [6, 6.07) is 2.98. The lowest BCUT2D eigenvalue weighted by Gasteiger charge is -2.39. The first-order valence-electron chi connectivity index (χ1n) is 4.60. The molecule has 0 saturated heterocycles. The summed E-state index contributed by atoms with van der Waals surface area (Å²) >= 11 is 5.65. The summed E-state index contributed by atoms with van der Waals surface area (Å²) in [5, 5.41) is 17.9. The lowest BCUT2D eigenvalue weighted by molar-refractivity contribution is -0.181. The number of hydrogen-bond acceptors (Lipinski definition) is 2. The SMILES string of the molecule is N#CC1(C#N)C2C=CC(C2)C1(Cl)C(F)(F)F. The number of rotatable bonds is 0. The minimum absolute atomic E-state index is 0.115. The normalized spacial score (nSPS) is 39.4. The van der Waals surface area contributed by atoms with E-state index in [0.29, 0.717) is 0 Å². The molecule has 2 nitrogen and oxygen atoms in total. The monoisotopic (exact) mass is 246 g/mol. The van der Waals surface area contributed by atoms with Crippen molar-refractivity contribution in [3.63, 3.8) is 0 Å². The molecule has 3 atom stereocenters. The molecule has 0 aromatic carbocycles. The van der Waals surface area contributed by atoms with Gasteiger partial charge in [0, 0.05) is 11.8 Å². The predicted octanol–water partition coefficient (Wildman–Crippen LogP) is 2.77. The molecular weight excluding hydrogens is 241 g/mol. The first-order valence-corrected chi connectivity index (χ1v) is 4.97. The Kier molecular flexibility index (Phi) is 2.06. The van der Waals surface area contributed by atoms with Crippen LogP contribution in [0.4, 0.5) is 13.2 Å². The van der Waals surface area contributed by atoms with Crippen LogP contribution < -0.4 is 0 Å². The number of hydrogen-bond donors (Lipinski definition) is 0. The maximum atomic E-state index is 13.0. The highest BCUT2D eigenvalue weighted by Crippen LogP contribution is 2.66. The third-order valence-electron chi connectivity index (χ3n) is 3.49. The van der Waals surface area contributed by atoms with Crippen molar-refractivity contribution in [3.05, 3.63) is 12.2 Å². The molecular formula is C10H6ClF3N2. The first-order chi connectivity index (χ1) is 7.33. The zero-order chi connectivity index (χ0) is 12.2. The Morgan fingerprint density at radius 3 is 2.06 bits per heavy atom. The van der Waals surface area contributed by atoms with Gasteiger partial charge in [0.2, 0.25) is 0 Å². The average Bonchev–Trinajstić information content (AvgIpc) is 2.75. The van der Waals surface area contributed by atoms with Crippen molar-refractivity contribution in [2.75, 3.05) is 0 Å². The Balaban J connectivity index is 2.67. The van der Waals surface area contributed by atoms with Crippen LogP contribution in [0.1, 0.15) is 6.42 Å². The number of halogens is 4. The van der Waals surface area contributed by atoms with Crippen molar-refractivity contribution in [2.24, 2.45) is 17.3 Å². The summed E-state index contributed by atoms with van der Waals surface area (Å²) < 4.78 is 39.0. The zero-order valence-corrected chi connectivity index (χ0v) is 8.68. The molecule has 0 N–H and O–H groups in total. The maximum Gasteiger partial charge on any atom is 0.410 e. The van der Waals surface area contributed by atoms with Gasteiger partial charge in [0.25, 0.3) is 0 Å². The third kappa shape index (κ3) is 0.929. The molecule has 3 unspecified atom stereocenters. The van der Waals surface area contributed by atoms with E-state index in [2.05, 4.69) is 0 Å². The summed E-state index contributed by atoms with van der Waals surface area (Å²) in [5.41, 5.74) is -2.20. The summed E-state index contributed by atoms with van der Waals surface area (Å²) in [7, 11) is 0. The van der Waals surface area contributed by atoms with Crippen LogP contribution in [0.5, 0.6) is 0 Å². The molecule has 0 aromatic heterocycles. The molecule has 2 bridgehead atoms. The molecule has 2 aliphatic rings. The third-order valence-corrected chi connectivity index (χ3v) is 4.28. The van der Waals surface area contributed by atoms with Crippen LogP contribution in [-0.4, -0.2) is 11.1 Å². The fraction of sp³-hybridized carbons (Fsp3) is 0.600. The predicted molar refractivity (Wildman–Crippen MR) is 49.0 cm³/mol. The fourth-order valence-electron chi connectivity index (χ4n) is 2.66. The quantitative estimate of drug-likeness (QED) is 0.487. The van der Waals surface area contributed by atoms with E-state index in [4.69, 9.17) is 22.1 Å². The van der Waals surface area contributed by atoms with Crippen LogP contribution in [-0.2, 0) is 0 Å². The van der Waals surface area contributed by atoms with Gasteiger partial charge >= 0.3 is 6.18 Å². The van der Waals surface area contributed by atoms with E-state index >= 15 is 0 Å². The van der Waals surface area contributed by atoms with Crippen molar-refractivity contribution in [2.45, 2.75) is 17.5 Å². The van der Waals surface area contributed by atoms with Crippen molar-refractivity contribution in [3.8, 4) is 12.1 Å². The van der Waals surface area contributed by atoms with E-state index in [0.717, 1.165) is 0 Å². The molecule has 0 spiro atoms. The van der Waals surface area contributed by atoms with Gasteiger partial charge in [-0.3, -0.25) is 0 Å². The maximum absolute atomic E-state index is 13.0. The topological polar surface area (TPSA) is 47.6 Å². The second kappa shape index (κ2) is 2.93. The van der Waals surface area contributed by atoms with Gasteiger partial charge in [-0.05, 0) is 6.42 Å². The average molecular weight is 247 g/mol. The lowest BCUT2D eigenvalue weighted by Crippen LogP contribution is -2.55. The Hall–Kier alpha value is -1.20. The van der Waals surface area contributed by atoms with Crippen molar-refractivity contribution in [1.82, 2.24) is 0 Å². The van der Waals surface area contributed by atoms with Gasteiger partial charge in [-0.1, -0.05) is 12.2 Å². The number of fused-ring (bicyclic) bond motifs is 2. The highest BCUT2D eigenvalue weighted by molar-refractivity contribution is 6.26. The zero-order valence-electron chi connectivity index (χ0n) is 7.92. The van der Waals surface area contributed by atoms with Crippen molar-refractivity contribution >= 4 is 11.6 Å². The van der Waals surface area contributed by atoms with Crippen LogP contribution in [0.2, 0.25) is 0 Å². The van der Waals surface area contributed by atoms with E-state index in [1.807, 2.05) is 0 Å². The smallest absolute Gasteiger partial charge is 0.196 e. The van der Waals surface area contributed by atoms with Crippen LogP contribution in [0.3, 0.4) is 0 Å². The van der Waals surface area contributed by atoms with Crippen LogP contribution in [0.25, 0.3) is 0 Å². The Morgan fingerprint density at radius 2 is 1.69 bits per heavy atom. The van der Waals surface area contributed by atoms with E-state index in [9.17, 15) is 13.2 Å². The summed E-state index contributed by atoms with van der Waals surface area (Å²) in [4.78, 5) is -2.77. The summed E-state index contributed by atoms with van der Waals surface area (Å²) in [6.45, 7) is 0. The lowest BCUT2D eigenvalue weighted by atomic mass is 9.69. The van der Waals surface area contributed by atoms with Gasteiger partial charge in [-0.25, -0.2) is 0 Å². The Labute approximate surface area is 94.9 Å². The molecule has 16 heavy (non-hydrogen) atoms. The molecule has 2 aliphatic carbocycles. The minimum Gasteiger partial charge on any atom is -0.196 e. The molecule has 2 rings (SSSR count). The molecule has 0 heterocycles. The molecule has 1 fully saturated rings. The molecule has 0 aromatic rings. The first kappa shape index (κ1) is 11.3. The van der Waals surface area contributed by atoms with Crippen molar-refractivity contribution < 1.29 is 13.2 Å². The molecule has 0 amide bonds. The van der Waals surface area contributed by atoms with Crippen LogP contribution >= 0.6 is 11.6 Å². The van der Waals surface area contributed by atoms with Crippen LogP contribution in [0, 0.1) is 39.9 Å². The standard InChI is InChI=1S/C10H6ClF3N2/c11-9(10(12,13)14)7-2-1-6(3-7)8(9,4-15)5-16/h1-2,6-7H,3H2. The van der Waals surface area contributed by atoms with Gasteiger partial charge in [-0.2, -0.15) is 23.7 Å².